The summed E-state index contributed by atoms with van der Waals surface area (Å²) in [5.74, 6) is -2.16. The lowest BCUT2D eigenvalue weighted by Gasteiger charge is -2.44. The smallest absolute Gasteiger partial charge is 0.237 e. The molecule has 8 atom stereocenters. The molecule has 4 aliphatic rings. The van der Waals surface area contributed by atoms with E-state index in [9.17, 15) is 13.2 Å². The highest BCUT2D eigenvalue weighted by atomic mass is 19.3. The van der Waals surface area contributed by atoms with Gasteiger partial charge in [-0.1, -0.05) is 6.92 Å². The van der Waals surface area contributed by atoms with Gasteiger partial charge in [0.1, 0.15) is 0 Å². The minimum Gasteiger partial charge on any atom is -0.237 e. The van der Waals surface area contributed by atoms with E-state index in [0.29, 0.717) is 24.2 Å². The van der Waals surface area contributed by atoms with E-state index in [1.165, 1.54) is 0 Å². The van der Waals surface area contributed by atoms with E-state index in [1.54, 1.807) is 0 Å². The van der Waals surface area contributed by atoms with E-state index < -0.39 is 17.5 Å². The fourth-order valence-corrected chi connectivity index (χ4v) is 6.19. The standard InChI is InChI=1S/C14H19F3/c1-6-7-3-4-8(6)12-10-5-9(11(7)12)13(2,15)14(10,16)17/h6-12H,3-5H2,1-2H3. The van der Waals surface area contributed by atoms with Gasteiger partial charge in [-0.25, -0.2) is 13.2 Å². The topological polar surface area (TPSA) is 0 Å². The zero-order valence-corrected chi connectivity index (χ0v) is 10.3. The Morgan fingerprint density at radius 2 is 1.47 bits per heavy atom. The van der Waals surface area contributed by atoms with Crippen LogP contribution in [-0.2, 0) is 0 Å². The van der Waals surface area contributed by atoms with Crippen molar-refractivity contribution in [2.75, 3.05) is 0 Å². The van der Waals surface area contributed by atoms with Crippen molar-refractivity contribution in [2.24, 2.45) is 41.4 Å². The van der Waals surface area contributed by atoms with Gasteiger partial charge in [0, 0.05) is 11.8 Å². The highest BCUT2D eigenvalue weighted by molar-refractivity contribution is 5.22. The van der Waals surface area contributed by atoms with Crippen LogP contribution in [0.4, 0.5) is 13.2 Å². The van der Waals surface area contributed by atoms with Crippen LogP contribution in [0.3, 0.4) is 0 Å². The first-order valence-electron chi connectivity index (χ1n) is 6.94. The zero-order valence-electron chi connectivity index (χ0n) is 10.3. The van der Waals surface area contributed by atoms with Gasteiger partial charge in [0.2, 0.25) is 0 Å². The fraction of sp³-hybridized carbons (Fsp3) is 1.00. The average molecular weight is 244 g/mol. The van der Waals surface area contributed by atoms with Crippen LogP contribution in [0, 0.1) is 41.4 Å². The van der Waals surface area contributed by atoms with Crippen molar-refractivity contribution in [3.8, 4) is 0 Å². The molecule has 4 rings (SSSR count). The molecule has 0 aromatic carbocycles. The van der Waals surface area contributed by atoms with Crippen LogP contribution in [0.2, 0.25) is 0 Å². The third-order valence-corrected chi connectivity index (χ3v) is 6.87. The van der Waals surface area contributed by atoms with E-state index in [-0.39, 0.29) is 17.8 Å². The van der Waals surface area contributed by atoms with Crippen molar-refractivity contribution in [3.05, 3.63) is 0 Å². The summed E-state index contributed by atoms with van der Waals surface area (Å²) in [5, 5.41) is 0. The molecule has 0 N–H and O–H groups in total. The first kappa shape index (κ1) is 10.7. The number of hydrogen-bond acceptors (Lipinski definition) is 0. The van der Waals surface area contributed by atoms with Crippen LogP contribution in [0.25, 0.3) is 0 Å². The highest BCUT2D eigenvalue weighted by Gasteiger charge is 2.79. The second-order valence-corrected chi connectivity index (χ2v) is 7.07. The maximum atomic E-state index is 14.4. The molecule has 0 radical (unpaired) electrons. The quantitative estimate of drug-likeness (QED) is 0.567. The number of rotatable bonds is 0. The Hall–Kier alpha value is -0.210. The van der Waals surface area contributed by atoms with Gasteiger partial charge in [0.15, 0.2) is 5.67 Å². The van der Waals surface area contributed by atoms with Gasteiger partial charge in [-0.3, -0.25) is 0 Å². The summed E-state index contributed by atoms with van der Waals surface area (Å²) < 4.78 is 42.7. The number of fused-ring (bicyclic) bond motifs is 9. The maximum Gasteiger partial charge on any atom is 0.284 e. The van der Waals surface area contributed by atoms with Gasteiger partial charge in [0.05, 0.1) is 0 Å². The van der Waals surface area contributed by atoms with Crippen LogP contribution in [0.1, 0.15) is 33.1 Å². The number of halogens is 3. The summed E-state index contributed by atoms with van der Waals surface area (Å²) in [6.07, 6.45) is 2.70. The molecular weight excluding hydrogens is 225 g/mol. The molecule has 4 saturated carbocycles. The van der Waals surface area contributed by atoms with Crippen LogP contribution in [-0.4, -0.2) is 11.6 Å². The summed E-state index contributed by atoms with van der Waals surface area (Å²) in [5.41, 5.74) is -2.25. The Bertz CT molecular complexity index is 338. The van der Waals surface area contributed by atoms with E-state index in [2.05, 4.69) is 6.92 Å². The second-order valence-electron chi connectivity index (χ2n) is 7.07. The van der Waals surface area contributed by atoms with Gasteiger partial charge in [-0.05, 0) is 55.8 Å². The Labute approximate surface area is 100.0 Å². The third kappa shape index (κ3) is 0.899. The van der Waals surface area contributed by atoms with Gasteiger partial charge < -0.3 is 0 Å². The van der Waals surface area contributed by atoms with Crippen molar-refractivity contribution in [2.45, 2.75) is 44.7 Å². The molecule has 4 bridgehead atoms. The van der Waals surface area contributed by atoms with E-state index in [0.717, 1.165) is 19.8 Å². The summed E-state index contributed by atoms with van der Waals surface area (Å²) >= 11 is 0. The van der Waals surface area contributed by atoms with Crippen molar-refractivity contribution in [1.29, 1.82) is 0 Å². The molecule has 0 aromatic rings. The predicted octanol–water partition coefficient (Wildman–Crippen LogP) is 3.91. The summed E-state index contributed by atoms with van der Waals surface area (Å²) in [7, 11) is 0. The van der Waals surface area contributed by atoms with Gasteiger partial charge in [0.25, 0.3) is 5.92 Å². The molecule has 4 aliphatic carbocycles. The van der Waals surface area contributed by atoms with Gasteiger partial charge in [-0.15, -0.1) is 0 Å². The summed E-state index contributed by atoms with van der Waals surface area (Å²) in [6.45, 7) is 3.36. The van der Waals surface area contributed by atoms with Gasteiger partial charge in [-0.2, -0.15) is 0 Å². The predicted molar refractivity (Wildman–Crippen MR) is 58.4 cm³/mol. The van der Waals surface area contributed by atoms with E-state index in [1.807, 2.05) is 0 Å². The lowest BCUT2D eigenvalue weighted by atomic mass is 9.65. The Balaban J connectivity index is 1.80. The van der Waals surface area contributed by atoms with Crippen LogP contribution in [0.5, 0.6) is 0 Å². The monoisotopic (exact) mass is 244 g/mol. The Morgan fingerprint density at radius 1 is 0.941 bits per heavy atom. The molecule has 4 fully saturated rings. The van der Waals surface area contributed by atoms with E-state index >= 15 is 0 Å². The first-order chi connectivity index (χ1) is 7.87. The lowest BCUT2D eigenvalue weighted by molar-refractivity contribution is -0.195. The van der Waals surface area contributed by atoms with E-state index in [4.69, 9.17) is 0 Å². The SMILES string of the molecule is CC1C2CCC1C1C2C2CC1C(F)(F)C2(C)F. The summed E-state index contributed by atoms with van der Waals surface area (Å²) in [4.78, 5) is 0. The normalized spacial score (nSPS) is 66.5. The van der Waals surface area contributed by atoms with Crippen LogP contribution >= 0.6 is 0 Å². The third-order valence-electron chi connectivity index (χ3n) is 6.87. The minimum absolute atomic E-state index is 0.132. The molecule has 8 unspecified atom stereocenters. The van der Waals surface area contributed by atoms with Crippen molar-refractivity contribution >= 4 is 0 Å². The Kier molecular flexibility index (Phi) is 1.70. The average Bonchev–Trinajstić information content (AvgIpc) is 2.89. The number of alkyl halides is 3. The molecule has 96 valence electrons. The zero-order chi connectivity index (χ0) is 12.2. The molecule has 0 heterocycles. The van der Waals surface area contributed by atoms with Crippen molar-refractivity contribution in [3.63, 3.8) is 0 Å². The Morgan fingerprint density at radius 3 is 2.06 bits per heavy atom. The molecular formula is C14H19F3. The van der Waals surface area contributed by atoms with Crippen molar-refractivity contribution < 1.29 is 13.2 Å². The first-order valence-corrected chi connectivity index (χ1v) is 6.94. The molecule has 0 aromatic heterocycles. The van der Waals surface area contributed by atoms with Crippen LogP contribution in [0.15, 0.2) is 0 Å². The number of hydrogen-bond donors (Lipinski definition) is 0. The molecule has 0 nitrogen and oxygen atoms in total. The maximum absolute atomic E-state index is 14.4. The van der Waals surface area contributed by atoms with Crippen molar-refractivity contribution in [1.82, 2.24) is 0 Å². The molecule has 0 aliphatic heterocycles. The van der Waals surface area contributed by atoms with Crippen LogP contribution < -0.4 is 0 Å². The molecule has 0 spiro atoms. The second kappa shape index (κ2) is 2.70. The highest BCUT2D eigenvalue weighted by Crippen LogP contribution is 2.75. The largest absolute Gasteiger partial charge is 0.284 e. The minimum atomic E-state index is -3.08. The molecule has 3 heteroatoms. The lowest BCUT2D eigenvalue weighted by Crippen LogP contribution is -2.54. The fourth-order valence-electron chi connectivity index (χ4n) is 6.19. The molecule has 0 saturated heterocycles. The molecule has 17 heavy (non-hydrogen) atoms. The van der Waals surface area contributed by atoms with Gasteiger partial charge >= 0.3 is 0 Å². The molecule has 0 amide bonds. The summed E-state index contributed by atoms with van der Waals surface area (Å²) in [6, 6.07) is 0.